The van der Waals surface area contributed by atoms with E-state index in [9.17, 15) is 9.59 Å². The molecule has 1 aliphatic rings. The van der Waals surface area contributed by atoms with Crippen LogP contribution in [0.1, 0.15) is 33.1 Å². The van der Waals surface area contributed by atoms with Crippen LogP contribution in [0.5, 0.6) is 0 Å². The summed E-state index contributed by atoms with van der Waals surface area (Å²) in [5, 5.41) is 0. The van der Waals surface area contributed by atoms with E-state index in [1.807, 2.05) is 0 Å². The Morgan fingerprint density at radius 2 is 1.44 bits per heavy atom. The molecule has 0 heterocycles. The number of hydrogen-bond acceptors (Lipinski definition) is 4. The minimum Gasteiger partial charge on any atom is -0.465 e. The molecule has 0 saturated heterocycles. The molecule has 0 atom stereocenters. The summed E-state index contributed by atoms with van der Waals surface area (Å²) in [5.41, 5.74) is 0.345. The molecule has 18 heavy (non-hydrogen) atoms. The van der Waals surface area contributed by atoms with Gasteiger partial charge in [-0.3, -0.25) is 9.59 Å². The third-order valence-electron chi connectivity index (χ3n) is 2.94. The van der Waals surface area contributed by atoms with Gasteiger partial charge in [-0.2, -0.15) is 0 Å². The lowest BCUT2D eigenvalue weighted by atomic mass is 9.70. The maximum absolute atomic E-state index is 12.1. The Morgan fingerprint density at radius 3 is 1.78 bits per heavy atom. The Labute approximate surface area is 108 Å². The van der Waals surface area contributed by atoms with Crippen molar-refractivity contribution in [3.63, 3.8) is 0 Å². The van der Waals surface area contributed by atoms with E-state index in [2.05, 4.69) is 13.2 Å². The molecule has 4 nitrogen and oxygen atoms in total. The van der Waals surface area contributed by atoms with E-state index < -0.39 is 17.4 Å². The lowest BCUT2D eigenvalue weighted by molar-refractivity contribution is -0.172. The van der Waals surface area contributed by atoms with Crippen molar-refractivity contribution in [2.45, 2.75) is 33.1 Å². The molecule has 0 N–H and O–H groups in total. The second-order valence-corrected chi connectivity index (χ2v) is 4.55. The van der Waals surface area contributed by atoms with Crippen LogP contribution in [0, 0.1) is 5.41 Å². The molecule has 1 saturated carbocycles. The molecule has 1 rings (SSSR count). The molecule has 1 aliphatic carbocycles. The van der Waals surface area contributed by atoms with Crippen LogP contribution < -0.4 is 0 Å². The summed E-state index contributed by atoms with van der Waals surface area (Å²) in [6.07, 6.45) is 1.22. The van der Waals surface area contributed by atoms with E-state index in [0.29, 0.717) is 6.42 Å². The van der Waals surface area contributed by atoms with Gasteiger partial charge >= 0.3 is 11.9 Å². The predicted molar refractivity (Wildman–Crippen MR) is 67.8 cm³/mol. The van der Waals surface area contributed by atoms with Gasteiger partial charge < -0.3 is 9.47 Å². The fraction of sp³-hybridized carbons (Fsp3) is 0.571. The van der Waals surface area contributed by atoms with Crippen LogP contribution in [0.2, 0.25) is 0 Å². The molecule has 4 heteroatoms. The summed E-state index contributed by atoms with van der Waals surface area (Å²) in [4.78, 5) is 24.2. The zero-order chi connectivity index (χ0) is 13.8. The molecule has 0 spiro atoms. The second-order valence-electron chi connectivity index (χ2n) is 4.55. The Balaban J connectivity index is 3.07. The van der Waals surface area contributed by atoms with Crippen LogP contribution in [-0.2, 0) is 19.1 Å². The summed E-state index contributed by atoms with van der Waals surface area (Å²) >= 11 is 0. The smallest absolute Gasteiger partial charge is 0.324 e. The van der Waals surface area contributed by atoms with Crippen molar-refractivity contribution in [1.29, 1.82) is 0 Å². The molecule has 0 aromatic carbocycles. The van der Waals surface area contributed by atoms with Gasteiger partial charge in [-0.1, -0.05) is 24.3 Å². The van der Waals surface area contributed by atoms with E-state index in [0.717, 1.165) is 11.1 Å². The minimum atomic E-state index is -1.28. The van der Waals surface area contributed by atoms with Gasteiger partial charge in [-0.25, -0.2) is 0 Å². The van der Waals surface area contributed by atoms with Crippen LogP contribution in [0.4, 0.5) is 0 Å². The second kappa shape index (κ2) is 5.85. The van der Waals surface area contributed by atoms with Crippen LogP contribution in [-0.4, -0.2) is 25.2 Å². The van der Waals surface area contributed by atoms with Crippen molar-refractivity contribution in [3.05, 3.63) is 24.3 Å². The van der Waals surface area contributed by atoms with Crippen molar-refractivity contribution < 1.29 is 19.1 Å². The predicted octanol–water partition coefficient (Wildman–Crippen LogP) is 2.40. The number of rotatable bonds is 4. The lowest BCUT2D eigenvalue weighted by Gasteiger charge is -2.34. The van der Waals surface area contributed by atoms with Gasteiger partial charge in [0.15, 0.2) is 5.41 Å². The van der Waals surface area contributed by atoms with Gasteiger partial charge in [0.1, 0.15) is 0 Å². The normalized spacial score (nSPS) is 18.3. The molecule has 0 aliphatic heterocycles. The highest BCUT2D eigenvalue weighted by atomic mass is 16.6. The molecule has 0 unspecified atom stereocenters. The number of ether oxygens (including phenoxy) is 2. The van der Waals surface area contributed by atoms with Crippen LogP contribution >= 0.6 is 0 Å². The third kappa shape index (κ3) is 2.81. The number of carbonyl (C=O) groups is 2. The van der Waals surface area contributed by atoms with E-state index in [4.69, 9.17) is 9.47 Å². The van der Waals surface area contributed by atoms with Gasteiger partial charge in [-0.15, -0.1) is 0 Å². The highest BCUT2D eigenvalue weighted by Gasteiger charge is 2.51. The highest BCUT2D eigenvalue weighted by molar-refractivity contribution is 6.01. The maximum Gasteiger partial charge on any atom is 0.324 e. The van der Waals surface area contributed by atoms with Crippen molar-refractivity contribution in [2.24, 2.45) is 5.41 Å². The third-order valence-corrected chi connectivity index (χ3v) is 2.94. The zero-order valence-electron chi connectivity index (χ0n) is 11.1. The van der Waals surface area contributed by atoms with E-state index >= 15 is 0 Å². The Bertz CT molecular complexity index is 345. The number of hydrogen-bond donors (Lipinski definition) is 0. The maximum atomic E-state index is 12.1. The first kappa shape index (κ1) is 14.5. The summed E-state index contributed by atoms with van der Waals surface area (Å²) < 4.78 is 10.1. The van der Waals surface area contributed by atoms with Gasteiger partial charge in [0.05, 0.1) is 13.2 Å². The van der Waals surface area contributed by atoms with E-state index in [1.54, 1.807) is 13.8 Å². The van der Waals surface area contributed by atoms with Crippen LogP contribution in [0.25, 0.3) is 0 Å². The average molecular weight is 252 g/mol. The van der Waals surface area contributed by atoms with Crippen LogP contribution in [0.15, 0.2) is 24.3 Å². The topological polar surface area (TPSA) is 52.6 Å². The molecule has 0 aromatic heterocycles. The van der Waals surface area contributed by atoms with E-state index in [-0.39, 0.29) is 26.1 Å². The van der Waals surface area contributed by atoms with Gasteiger partial charge in [0.2, 0.25) is 0 Å². The summed E-state index contributed by atoms with van der Waals surface area (Å²) in [6, 6.07) is 0. The summed E-state index contributed by atoms with van der Waals surface area (Å²) in [7, 11) is 0. The SMILES string of the molecule is C=C1CC(=C)CC(C(=O)OCC)(C(=O)OCC)C1. The number of esters is 2. The van der Waals surface area contributed by atoms with Gasteiger partial charge in [0, 0.05) is 0 Å². The first-order valence-electron chi connectivity index (χ1n) is 6.14. The minimum absolute atomic E-state index is 0.235. The molecule has 0 amide bonds. The largest absolute Gasteiger partial charge is 0.465 e. The zero-order valence-corrected chi connectivity index (χ0v) is 11.1. The lowest BCUT2D eigenvalue weighted by Crippen LogP contribution is -2.44. The molecule has 1 fully saturated rings. The van der Waals surface area contributed by atoms with Crippen molar-refractivity contribution >= 4 is 11.9 Å². The molecule has 0 bridgehead atoms. The Morgan fingerprint density at radius 1 is 1.06 bits per heavy atom. The first-order valence-corrected chi connectivity index (χ1v) is 6.14. The van der Waals surface area contributed by atoms with Gasteiger partial charge in [0.25, 0.3) is 0 Å². The number of allylic oxidation sites excluding steroid dienone is 2. The van der Waals surface area contributed by atoms with Crippen molar-refractivity contribution in [2.75, 3.05) is 13.2 Å². The number of carbonyl (C=O) groups excluding carboxylic acids is 2. The van der Waals surface area contributed by atoms with E-state index in [1.165, 1.54) is 0 Å². The Kier molecular flexibility index (Phi) is 4.70. The fourth-order valence-corrected chi connectivity index (χ4v) is 2.31. The summed E-state index contributed by atoms with van der Waals surface area (Å²) in [6.45, 7) is 11.6. The molecule has 0 aromatic rings. The standard InChI is InChI=1S/C14H20O4/c1-5-17-12(15)14(13(16)18-6-2)8-10(3)7-11(4)9-14/h3-9H2,1-2H3. The van der Waals surface area contributed by atoms with Crippen molar-refractivity contribution in [3.8, 4) is 0 Å². The molecule has 0 radical (unpaired) electrons. The van der Waals surface area contributed by atoms with Crippen LogP contribution in [0.3, 0.4) is 0 Å². The quantitative estimate of drug-likeness (QED) is 0.438. The fourth-order valence-electron chi connectivity index (χ4n) is 2.31. The molecule has 100 valence electrons. The average Bonchev–Trinajstić information content (AvgIpc) is 2.28. The first-order chi connectivity index (χ1) is 8.46. The highest BCUT2D eigenvalue weighted by Crippen LogP contribution is 2.42. The molecular formula is C14H20O4. The summed E-state index contributed by atoms with van der Waals surface area (Å²) in [5.74, 6) is -1.07. The molecular weight excluding hydrogens is 232 g/mol. The van der Waals surface area contributed by atoms with Gasteiger partial charge in [-0.05, 0) is 33.1 Å². The monoisotopic (exact) mass is 252 g/mol. The van der Waals surface area contributed by atoms with Crippen molar-refractivity contribution in [1.82, 2.24) is 0 Å². The Hall–Kier alpha value is -1.58.